The van der Waals surface area contributed by atoms with Crippen molar-refractivity contribution in [3.05, 3.63) is 65.5 Å². The van der Waals surface area contributed by atoms with Crippen LogP contribution < -0.4 is 4.74 Å². The van der Waals surface area contributed by atoms with Crippen LogP contribution >= 0.6 is 0 Å². The van der Waals surface area contributed by atoms with Crippen LogP contribution in [0.2, 0.25) is 0 Å². The minimum Gasteiger partial charge on any atom is -0.492 e. The number of likely N-dealkylation sites (N-methyl/N-ethyl adjacent to an activating group) is 1. The minimum absolute atomic E-state index is 0.308. The average Bonchev–Trinajstić information content (AvgIpc) is 2.45. The van der Waals surface area contributed by atoms with Gasteiger partial charge in [0, 0.05) is 13.1 Å². The van der Waals surface area contributed by atoms with Crippen LogP contribution in [0.15, 0.2) is 42.5 Å². The highest BCUT2D eigenvalue weighted by molar-refractivity contribution is 5.22. The van der Waals surface area contributed by atoms with Crippen LogP contribution in [0.5, 0.6) is 5.75 Å². The molecule has 112 valence electrons. The molecular weight excluding hydrogens is 279 g/mol. The molecule has 0 bridgehead atoms. The van der Waals surface area contributed by atoms with Crippen molar-refractivity contribution in [3.63, 3.8) is 0 Å². The minimum atomic E-state index is -0.846. The second kappa shape index (κ2) is 7.13. The highest BCUT2D eigenvalue weighted by atomic mass is 19.2. The Morgan fingerprint density at radius 3 is 2.33 bits per heavy atom. The summed E-state index contributed by atoms with van der Waals surface area (Å²) in [6.07, 6.45) is 0. The molecule has 0 aliphatic heterocycles. The highest BCUT2D eigenvalue weighted by Crippen LogP contribution is 2.12. The van der Waals surface area contributed by atoms with Crippen LogP contribution in [0.3, 0.4) is 0 Å². The number of halogens is 3. The molecule has 5 heteroatoms. The zero-order chi connectivity index (χ0) is 15.2. The summed E-state index contributed by atoms with van der Waals surface area (Å²) >= 11 is 0. The molecule has 2 nitrogen and oxygen atoms in total. The summed E-state index contributed by atoms with van der Waals surface area (Å²) in [6.45, 7) is 1.52. The molecule has 0 heterocycles. The summed E-state index contributed by atoms with van der Waals surface area (Å²) in [5, 5.41) is 0. The van der Waals surface area contributed by atoms with Gasteiger partial charge in [-0.2, -0.15) is 0 Å². The maximum atomic E-state index is 13.1. The van der Waals surface area contributed by atoms with Crippen LogP contribution in [0, 0.1) is 17.5 Å². The predicted octanol–water partition coefficient (Wildman–Crippen LogP) is 3.61. The third-order valence-electron chi connectivity index (χ3n) is 2.99. The van der Waals surface area contributed by atoms with Crippen LogP contribution in [0.1, 0.15) is 5.56 Å². The molecule has 0 N–H and O–H groups in total. The van der Waals surface area contributed by atoms with E-state index >= 15 is 0 Å². The van der Waals surface area contributed by atoms with Crippen molar-refractivity contribution < 1.29 is 17.9 Å². The molecule has 0 unspecified atom stereocenters. The van der Waals surface area contributed by atoms with Gasteiger partial charge in [-0.1, -0.05) is 6.07 Å². The molecule has 2 aromatic carbocycles. The molecule has 0 atom stereocenters. The lowest BCUT2D eigenvalue weighted by atomic mass is 10.2. The summed E-state index contributed by atoms with van der Waals surface area (Å²) in [6, 6.07) is 9.64. The monoisotopic (exact) mass is 295 g/mol. The molecule has 0 spiro atoms. The molecule has 0 saturated carbocycles. The summed E-state index contributed by atoms with van der Waals surface area (Å²) in [5.41, 5.74) is 0.693. The number of benzene rings is 2. The maximum Gasteiger partial charge on any atom is 0.159 e. The van der Waals surface area contributed by atoms with E-state index in [1.54, 1.807) is 18.2 Å². The third-order valence-corrected chi connectivity index (χ3v) is 2.99. The molecule has 0 saturated heterocycles. The Kier molecular flexibility index (Phi) is 5.22. The van der Waals surface area contributed by atoms with E-state index in [0.29, 0.717) is 31.0 Å². The first-order chi connectivity index (χ1) is 10.0. The van der Waals surface area contributed by atoms with Crippen molar-refractivity contribution in [3.8, 4) is 5.75 Å². The van der Waals surface area contributed by atoms with Gasteiger partial charge in [0.25, 0.3) is 0 Å². The average molecular weight is 295 g/mol. The van der Waals surface area contributed by atoms with Gasteiger partial charge in [-0.25, -0.2) is 13.2 Å². The van der Waals surface area contributed by atoms with E-state index < -0.39 is 11.6 Å². The molecule has 0 amide bonds. The lowest BCUT2D eigenvalue weighted by Crippen LogP contribution is -2.24. The van der Waals surface area contributed by atoms with Gasteiger partial charge in [-0.3, -0.25) is 4.90 Å². The Labute approximate surface area is 121 Å². The standard InChI is InChI=1S/C16H16F3NO/c1-20(11-12-2-7-15(18)16(19)10-12)8-9-21-14-5-3-13(17)4-6-14/h2-7,10H,8-9,11H2,1H3. The fourth-order valence-electron chi connectivity index (χ4n) is 1.88. The van der Waals surface area contributed by atoms with Gasteiger partial charge < -0.3 is 4.74 Å². The van der Waals surface area contributed by atoms with Gasteiger partial charge in [0.2, 0.25) is 0 Å². The lowest BCUT2D eigenvalue weighted by molar-refractivity contribution is 0.232. The number of hydrogen-bond acceptors (Lipinski definition) is 2. The number of nitrogens with zero attached hydrogens (tertiary/aromatic N) is 1. The van der Waals surface area contributed by atoms with E-state index in [4.69, 9.17) is 4.74 Å². The fourth-order valence-corrected chi connectivity index (χ4v) is 1.88. The molecule has 0 aliphatic rings. The van der Waals surface area contributed by atoms with E-state index in [9.17, 15) is 13.2 Å². The zero-order valence-corrected chi connectivity index (χ0v) is 11.7. The van der Waals surface area contributed by atoms with Crippen molar-refractivity contribution >= 4 is 0 Å². The quantitative estimate of drug-likeness (QED) is 0.807. The van der Waals surface area contributed by atoms with E-state index in [1.165, 1.54) is 18.2 Å². The van der Waals surface area contributed by atoms with Crippen LogP contribution in [0.4, 0.5) is 13.2 Å². The van der Waals surface area contributed by atoms with Crippen molar-refractivity contribution in [1.82, 2.24) is 4.90 Å². The summed E-state index contributed by atoms with van der Waals surface area (Å²) in [7, 11) is 1.86. The smallest absolute Gasteiger partial charge is 0.159 e. The second-order valence-corrected chi connectivity index (χ2v) is 4.79. The number of ether oxygens (including phenoxy) is 1. The molecule has 21 heavy (non-hydrogen) atoms. The summed E-state index contributed by atoms with van der Waals surface area (Å²) in [4.78, 5) is 1.93. The van der Waals surface area contributed by atoms with Gasteiger partial charge in [0.05, 0.1) is 0 Å². The Balaban J connectivity index is 1.77. The lowest BCUT2D eigenvalue weighted by Gasteiger charge is -2.17. The number of hydrogen-bond donors (Lipinski definition) is 0. The van der Waals surface area contributed by atoms with Gasteiger partial charge in [-0.15, -0.1) is 0 Å². The molecule has 0 aliphatic carbocycles. The summed E-state index contributed by atoms with van der Waals surface area (Å²) < 4.78 is 44.1. The molecule has 2 rings (SSSR count). The van der Waals surface area contributed by atoms with Crippen LogP contribution in [-0.4, -0.2) is 25.1 Å². The van der Waals surface area contributed by atoms with Gasteiger partial charge in [0.1, 0.15) is 18.2 Å². The van der Waals surface area contributed by atoms with E-state index in [-0.39, 0.29) is 5.82 Å². The Hall–Kier alpha value is -2.01. The topological polar surface area (TPSA) is 12.5 Å². The Bertz CT molecular complexity index is 587. The molecule has 0 radical (unpaired) electrons. The van der Waals surface area contributed by atoms with Crippen molar-refractivity contribution in [1.29, 1.82) is 0 Å². The highest BCUT2D eigenvalue weighted by Gasteiger charge is 2.05. The first-order valence-electron chi connectivity index (χ1n) is 6.55. The van der Waals surface area contributed by atoms with Crippen LogP contribution in [0.25, 0.3) is 0 Å². The van der Waals surface area contributed by atoms with Crippen LogP contribution in [-0.2, 0) is 6.54 Å². The van der Waals surface area contributed by atoms with Gasteiger partial charge in [-0.05, 0) is 49.0 Å². The zero-order valence-electron chi connectivity index (χ0n) is 11.7. The Morgan fingerprint density at radius 2 is 1.67 bits per heavy atom. The second-order valence-electron chi connectivity index (χ2n) is 4.79. The van der Waals surface area contributed by atoms with E-state index in [1.807, 2.05) is 11.9 Å². The van der Waals surface area contributed by atoms with E-state index in [2.05, 4.69) is 0 Å². The van der Waals surface area contributed by atoms with Crippen molar-refractivity contribution in [2.24, 2.45) is 0 Å². The maximum absolute atomic E-state index is 13.1. The van der Waals surface area contributed by atoms with Gasteiger partial charge >= 0.3 is 0 Å². The first-order valence-corrected chi connectivity index (χ1v) is 6.55. The molecular formula is C16H16F3NO. The predicted molar refractivity (Wildman–Crippen MR) is 74.6 cm³/mol. The first kappa shape index (κ1) is 15.4. The molecule has 2 aromatic rings. The normalized spacial score (nSPS) is 10.9. The van der Waals surface area contributed by atoms with Crippen molar-refractivity contribution in [2.45, 2.75) is 6.54 Å². The van der Waals surface area contributed by atoms with E-state index in [0.717, 1.165) is 6.07 Å². The molecule has 0 aromatic heterocycles. The Morgan fingerprint density at radius 1 is 0.952 bits per heavy atom. The number of rotatable bonds is 6. The third kappa shape index (κ3) is 4.79. The summed E-state index contributed by atoms with van der Waals surface area (Å²) in [5.74, 6) is -1.40. The SMILES string of the molecule is CN(CCOc1ccc(F)cc1)Cc1ccc(F)c(F)c1. The van der Waals surface area contributed by atoms with Crippen molar-refractivity contribution in [2.75, 3.05) is 20.2 Å². The largest absolute Gasteiger partial charge is 0.492 e. The fraction of sp³-hybridized carbons (Fsp3) is 0.250. The van der Waals surface area contributed by atoms with Gasteiger partial charge in [0.15, 0.2) is 11.6 Å². The molecule has 0 fully saturated rings.